The second-order valence-corrected chi connectivity index (χ2v) is 4.13. The molecule has 0 radical (unpaired) electrons. The third kappa shape index (κ3) is 3.18. The molecule has 0 fully saturated rings. The molecule has 2 N–H and O–H groups in total. The molecule has 1 heterocycles. The highest BCUT2D eigenvalue weighted by Crippen LogP contribution is 2.21. The van der Waals surface area contributed by atoms with Crippen LogP contribution in [0, 0.1) is 5.82 Å². The summed E-state index contributed by atoms with van der Waals surface area (Å²) < 4.78 is 18.4. The van der Waals surface area contributed by atoms with Crippen molar-refractivity contribution in [3.05, 3.63) is 58.6 Å². The molecule has 0 aliphatic rings. The highest BCUT2D eigenvalue weighted by atomic mass is 35.5. The zero-order valence-electron chi connectivity index (χ0n) is 9.57. The van der Waals surface area contributed by atoms with Gasteiger partial charge in [0.2, 0.25) is 0 Å². The van der Waals surface area contributed by atoms with Gasteiger partial charge in [-0.3, -0.25) is 4.98 Å². The summed E-state index contributed by atoms with van der Waals surface area (Å²) >= 11 is 5.65. The average Bonchev–Trinajstić information content (AvgIpc) is 2.41. The number of pyridine rings is 1. The summed E-state index contributed by atoms with van der Waals surface area (Å²) in [5.74, 6) is 0.0422. The minimum absolute atomic E-state index is 0.0407. The lowest BCUT2D eigenvalue weighted by molar-refractivity contribution is 0.301. The Bertz CT molecular complexity index is 531. The molecular weight excluding hydrogens is 255 g/mol. The molecule has 0 spiro atoms. The van der Waals surface area contributed by atoms with Gasteiger partial charge < -0.3 is 10.5 Å². The van der Waals surface area contributed by atoms with Crippen molar-refractivity contribution in [3.8, 4) is 5.75 Å². The molecule has 0 aliphatic heterocycles. The summed E-state index contributed by atoms with van der Waals surface area (Å²) in [6, 6.07) is 7.96. The Morgan fingerprint density at radius 2 is 2.11 bits per heavy atom. The van der Waals surface area contributed by atoms with Gasteiger partial charge >= 0.3 is 0 Å². The van der Waals surface area contributed by atoms with E-state index in [2.05, 4.69) is 4.98 Å². The fraction of sp³-hybridized carbons (Fsp3) is 0.154. The van der Waals surface area contributed by atoms with Crippen molar-refractivity contribution in [1.29, 1.82) is 0 Å². The number of nitrogens with two attached hydrogens (primary N) is 1. The van der Waals surface area contributed by atoms with Crippen LogP contribution in [0.3, 0.4) is 0 Å². The van der Waals surface area contributed by atoms with Crippen LogP contribution in [0.25, 0.3) is 0 Å². The monoisotopic (exact) mass is 266 g/mol. The van der Waals surface area contributed by atoms with E-state index in [1.165, 1.54) is 18.2 Å². The van der Waals surface area contributed by atoms with E-state index in [0.29, 0.717) is 18.9 Å². The van der Waals surface area contributed by atoms with Crippen molar-refractivity contribution in [3.63, 3.8) is 0 Å². The lowest BCUT2D eigenvalue weighted by Crippen LogP contribution is -2.01. The SMILES string of the molecule is NCc1ccc(COc2ccc(F)c(Cl)c2)nc1. The Labute approximate surface area is 109 Å². The Kier molecular flexibility index (Phi) is 4.12. The number of hydrogen-bond acceptors (Lipinski definition) is 3. The van der Waals surface area contributed by atoms with Crippen LogP contribution < -0.4 is 10.5 Å². The van der Waals surface area contributed by atoms with E-state index >= 15 is 0 Å². The van der Waals surface area contributed by atoms with Crippen LogP contribution in [-0.2, 0) is 13.2 Å². The summed E-state index contributed by atoms with van der Waals surface area (Å²) in [5, 5.41) is 0.0407. The third-order valence-corrected chi connectivity index (χ3v) is 2.69. The first-order valence-electron chi connectivity index (χ1n) is 5.41. The zero-order valence-corrected chi connectivity index (χ0v) is 10.3. The maximum atomic E-state index is 12.9. The molecule has 0 bridgehead atoms. The topological polar surface area (TPSA) is 48.1 Å². The predicted octanol–water partition coefficient (Wildman–Crippen LogP) is 2.91. The summed E-state index contributed by atoms with van der Waals surface area (Å²) in [7, 11) is 0. The molecule has 1 aromatic heterocycles. The molecule has 0 atom stereocenters. The Balaban J connectivity index is 1.99. The van der Waals surface area contributed by atoms with E-state index in [1.54, 1.807) is 6.20 Å². The number of hydrogen-bond donors (Lipinski definition) is 1. The lowest BCUT2D eigenvalue weighted by atomic mass is 10.2. The maximum Gasteiger partial charge on any atom is 0.142 e. The average molecular weight is 267 g/mol. The van der Waals surface area contributed by atoms with Gasteiger partial charge in [0, 0.05) is 18.8 Å². The summed E-state index contributed by atoms with van der Waals surface area (Å²) in [5.41, 5.74) is 7.21. The van der Waals surface area contributed by atoms with Gasteiger partial charge in [-0.15, -0.1) is 0 Å². The molecule has 5 heteroatoms. The van der Waals surface area contributed by atoms with Gasteiger partial charge in [-0.2, -0.15) is 0 Å². The number of nitrogens with zero attached hydrogens (tertiary/aromatic N) is 1. The number of rotatable bonds is 4. The second-order valence-electron chi connectivity index (χ2n) is 3.73. The number of halogens is 2. The normalized spacial score (nSPS) is 10.4. The van der Waals surface area contributed by atoms with Crippen molar-refractivity contribution in [2.45, 2.75) is 13.2 Å². The van der Waals surface area contributed by atoms with Gasteiger partial charge in [-0.05, 0) is 23.8 Å². The van der Waals surface area contributed by atoms with Gasteiger partial charge in [0.15, 0.2) is 0 Å². The van der Waals surface area contributed by atoms with Crippen molar-refractivity contribution in [1.82, 2.24) is 4.98 Å². The summed E-state index contributed by atoms with van der Waals surface area (Å²) in [6.45, 7) is 0.758. The van der Waals surface area contributed by atoms with Crippen LogP contribution >= 0.6 is 11.6 Å². The fourth-order valence-corrected chi connectivity index (χ4v) is 1.56. The Morgan fingerprint density at radius 1 is 1.28 bits per heavy atom. The molecule has 0 saturated heterocycles. The highest BCUT2D eigenvalue weighted by Gasteiger charge is 2.02. The Hall–Kier alpha value is -1.65. The standard InChI is InChI=1S/C13H12ClFN2O/c14-12-5-11(3-4-13(12)15)18-8-10-2-1-9(6-16)7-17-10/h1-5,7H,6,8,16H2. The number of benzene rings is 1. The number of ether oxygens (including phenoxy) is 1. The molecule has 94 valence electrons. The van der Waals surface area contributed by atoms with Gasteiger partial charge in [0.25, 0.3) is 0 Å². The molecule has 2 aromatic rings. The minimum atomic E-state index is -0.463. The smallest absolute Gasteiger partial charge is 0.142 e. The van der Waals surface area contributed by atoms with Crippen LogP contribution in [-0.4, -0.2) is 4.98 Å². The van der Waals surface area contributed by atoms with E-state index in [1.807, 2.05) is 12.1 Å². The molecule has 18 heavy (non-hydrogen) atoms. The van der Waals surface area contributed by atoms with Crippen molar-refractivity contribution >= 4 is 11.6 Å². The van der Waals surface area contributed by atoms with Crippen LogP contribution in [0.5, 0.6) is 5.75 Å². The first-order chi connectivity index (χ1) is 8.69. The van der Waals surface area contributed by atoms with Crippen LogP contribution in [0.4, 0.5) is 4.39 Å². The molecular formula is C13H12ClFN2O. The molecule has 3 nitrogen and oxygen atoms in total. The zero-order chi connectivity index (χ0) is 13.0. The van der Waals surface area contributed by atoms with Crippen LogP contribution in [0.2, 0.25) is 5.02 Å². The van der Waals surface area contributed by atoms with Crippen molar-refractivity contribution < 1.29 is 9.13 Å². The van der Waals surface area contributed by atoms with Gasteiger partial charge in [0.05, 0.1) is 10.7 Å². The molecule has 0 unspecified atom stereocenters. The molecule has 2 rings (SSSR count). The number of aromatic nitrogens is 1. The first kappa shape index (κ1) is 12.8. The molecule has 0 saturated carbocycles. The van der Waals surface area contributed by atoms with Crippen molar-refractivity contribution in [2.75, 3.05) is 0 Å². The molecule has 1 aromatic carbocycles. The largest absolute Gasteiger partial charge is 0.487 e. The maximum absolute atomic E-state index is 12.9. The fourth-order valence-electron chi connectivity index (χ4n) is 1.39. The Morgan fingerprint density at radius 3 is 2.72 bits per heavy atom. The van der Waals surface area contributed by atoms with E-state index in [4.69, 9.17) is 22.1 Å². The van der Waals surface area contributed by atoms with Crippen molar-refractivity contribution in [2.24, 2.45) is 5.73 Å². The van der Waals surface area contributed by atoms with Crippen LogP contribution in [0.1, 0.15) is 11.3 Å². The van der Waals surface area contributed by atoms with Gasteiger partial charge in [-0.25, -0.2) is 4.39 Å². The van der Waals surface area contributed by atoms with E-state index in [-0.39, 0.29) is 5.02 Å². The van der Waals surface area contributed by atoms with E-state index < -0.39 is 5.82 Å². The second kappa shape index (κ2) is 5.80. The minimum Gasteiger partial charge on any atom is -0.487 e. The molecule has 0 amide bonds. The predicted molar refractivity (Wildman–Crippen MR) is 67.9 cm³/mol. The van der Waals surface area contributed by atoms with Crippen LogP contribution in [0.15, 0.2) is 36.5 Å². The quantitative estimate of drug-likeness (QED) is 0.926. The third-order valence-electron chi connectivity index (χ3n) is 2.40. The lowest BCUT2D eigenvalue weighted by Gasteiger charge is -2.06. The molecule has 0 aliphatic carbocycles. The van der Waals surface area contributed by atoms with Gasteiger partial charge in [0.1, 0.15) is 18.2 Å². The summed E-state index contributed by atoms with van der Waals surface area (Å²) in [6.07, 6.45) is 1.70. The first-order valence-corrected chi connectivity index (χ1v) is 5.78. The van der Waals surface area contributed by atoms with E-state index in [9.17, 15) is 4.39 Å². The summed E-state index contributed by atoms with van der Waals surface area (Å²) in [4.78, 5) is 4.19. The van der Waals surface area contributed by atoms with Gasteiger partial charge in [-0.1, -0.05) is 17.7 Å². The highest BCUT2D eigenvalue weighted by molar-refractivity contribution is 6.30. The van der Waals surface area contributed by atoms with E-state index in [0.717, 1.165) is 11.3 Å².